The van der Waals surface area contributed by atoms with Gasteiger partial charge < -0.3 is 20.7 Å². The van der Waals surface area contributed by atoms with E-state index < -0.39 is 5.41 Å². The molecule has 0 bridgehead atoms. The first-order chi connectivity index (χ1) is 9.56. The Labute approximate surface area is 124 Å². The lowest BCUT2D eigenvalue weighted by atomic mass is 9.79. The topological polar surface area (TPSA) is 84.7 Å². The van der Waals surface area contributed by atoms with Gasteiger partial charge in [0.2, 0.25) is 11.8 Å². The molecule has 0 aromatic rings. The number of carbonyl (C=O) groups excluding carboxylic acids is 2. The van der Waals surface area contributed by atoms with E-state index in [0.29, 0.717) is 26.1 Å². The molecule has 2 aliphatic heterocycles. The van der Waals surface area contributed by atoms with Crippen molar-refractivity contribution in [2.24, 2.45) is 11.1 Å². The lowest BCUT2D eigenvalue weighted by Crippen LogP contribution is -2.53. The first kappa shape index (κ1) is 15.2. The molecule has 112 valence electrons. The average Bonchev–Trinajstić information content (AvgIpc) is 2.99. The second-order valence-electron chi connectivity index (χ2n) is 5.33. The molecule has 3 N–H and O–H groups in total. The predicted octanol–water partition coefficient (Wildman–Crippen LogP) is -0.192. The highest BCUT2D eigenvalue weighted by Crippen LogP contribution is 2.31. The Morgan fingerprint density at radius 3 is 2.40 bits per heavy atom. The molecule has 2 fully saturated rings. The number of thiocarbonyl (C=S) groups is 1. The normalized spacial score (nSPS) is 21.5. The third-order valence-electron chi connectivity index (χ3n) is 4.11. The van der Waals surface area contributed by atoms with E-state index in [1.807, 2.05) is 0 Å². The molecular formula is C13H21N3O3S. The Kier molecular flexibility index (Phi) is 4.93. The molecule has 6 nitrogen and oxygen atoms in total. The maximum atomic E-state index is 12.4. The summed E-state index contributed by atoms with van der Waals surface area (Å²) < 4.78 is 5.26. The van der Waals surface area contributed by atoms with Crippen molar-refractivity contribution in [3.8, 4) is 0 Å². The molecule has 2 heterocycles. The fourth-order valence-electron chi connectivity index (χ4n) is 2.71. The van der Waals surface area contributed by atoms with Crippen molar-refractivity contribution in [1.82, 2.24) is 10.2 Å². The van der Waals surface area contributed by atoms with Crippen molar-refractivity contribution >= 4 is 29.0 Å². The molecule has 0 unspecified atom stereocenters. The van der Waals surface area contributed by atoms with Crippen LogP contribution in [0.4, 0.5) is 0 Å². The van der Waals surface area contributed by atoms with E-state index in [9.17, 15) is 9.59 Å². The van der Waals surface area contributed by atoms with Crippen LogP contribution in [-0.2, 0) is 14.3 Å². The number of likely N-dealkylation sites (tertiary alicyclic amines) is 1. The minimum absolute atomic E-state index is 0.0179. The number of nitrogens with zero attached hydrogens (tertiary/aromatic N) is 1. The second kappa shape index (κ2) is 6.49. The van der Waals surface area contributed by atoms with Gasteiger partial charge in [0.1, 0.15) is 5.41 Å². The summed E-state index contributed by atoms with van der Waals surface area (Å²) in [6.45, 7) is 2.51. The van der Waals surface area contributed by atoms with E-state index in [1.54, 1.807) is 4.90 Å². The molecule has 0 aromatic heterocycles. The summed E-state index contributed by atoms with van der Waals surface area (Å²) in [7, 11) is 0. The fraction of sp³-hybridized carbons (Fsp3) is 0.769. The van der Waals surface area contributed by atoms with Gasteiger partial charge in [-0.2, -0.15) is 0 Å². The molecule has 0 saturated carbocycles. The van der Waals surface area contributed by atoms with Crippen molar-refractivity contribution in [2.75, 3.05) is 32.8 Å². The summed E-state index contributed by atoms with van der Waals surface area (Å²) in [5.74, 6) is -0.290. The molecule has 20 heavy (non-hydrogen) atoms. The van der Waals surface area contributed by atoms with Gasteiger partial charge in [-0.15, -0.1) is 0 Å². The standard InChI is InChI=1S/C13H21N3O3S/c14-11(20)13(3-7-19-8-4-13)12(18)15-9-10(17)16-5-1-2-6-16/h1-9H2,(H2,14,20)(H,15,18). The van der Waals surface area contributed by atoms with E-state index in [1.165, 1.54) is 0 Å². The van der Waals surface area contributed by atoms with Crippen LogP contribution in [0.1, 0.15) is 25.7 Å². The van der Waals surface area contributed by atoms with Gasteiger partial charge in [-0.05, 0) is 25.7 Å². The monoisotopic (exact) mass is 299 g/mol. The highest BCUT2D eigenvalue weighted by Gasteiger charge is 2.43. The van der Waals surface area contributed by atoms with Crippen LogP contribution in [0.3, 0.4) is 0 Å². The van der Waals surface area contributed by atoms with Gasteiger partial charge >= 0.3 is 0 Å². The Morgan fingerprint density at radius 2 is 1.85 bits per heavy atom. The smallest absolute Gasteiger partial charge is 0.241 e. The molecule has 0 radical (unpaired) electrons. The van der Waals surface area contributed by atoms with Crippen LogP contribution in [0.15, 0.2) is 0 Å². The molecule has 0 atom stereocenters. The highest BCUT2D eigenvalue weighted by molar-refractivity contribution is 7.80. The maximum Gasteiger partial charge on any atom is 0.241 e. The van der Waals surface area contributed by atoms with E-state index in [2.05, 4.69) is 5.32 Å². The summed E-state index contributed by atoms with van der Waals surface area (Å²) in [5, 5.41) is 2.70. The summed E-state index contributed by atoms with van der Waals surface area (Å²) >= 11 is 5.06. The number of rotatable bonds is 4. The van der Waals surface area contributed by atoms with Crippen LogP contribution < -0.4 is 11.1 Å². The molecule has 0 aliphatic carbocycles. The Morgan fingerprint density at radius 1 is 1.25 bits per heavy atom. The lowest BCUT2D eigenvalue weighted by molar-refractivity contribution is -0.136. The van der Waals surface area contributed by atoms with Gasteiger partial charge in [-0.25, -0.2) is 0 Å². The van der Waals surface area contributed by atoms with E-state index in [0.717, 1.165) is 25.9 Å². The molecule has 2 aliphatic rings. The number of hydrogen-bond donors (Lipinski definition) is 2. The van der Waals surface area contributed by atoms with Crippen LogP contribution in [0.2, 0.25) is 0 Å². The Balaban J connectivity index is 1.91. The number of nitrogens with two attached hydrogens (primary N) is 1. The number of carbonyl (C=O) groups is 2. The molecule has 2 amide bonds. The summed E-state index contributed by atoms with van der Waals surface area (Å²) in [6, 6.07) is 0. The van der Waals surface area contributed by atoms with Gasteiger partial charge in [0.15, 0.2) is 0 Å². The van der Waals surface area contributed by atoms with Gasteiger partial charge in [0.05, 0.1) is 11.5 Å². The fourth-order valence-corrected chi connectivity index (χ4v) is 3.01. The zero-order chi connectivity index (χ0) is 14.6. The van der Waals surface area contributed by atoms with Gasteiger partial charge in [0.25, 0.3) is 0 Å². The number of ether oxygens (including phenoxy) is 1. The van der Waals surface area contributed by atoms with E-state index in [4.69, 9.17) is 22.7 Å². The number of nitrogens with one attached hydrogen (secondary N) is 1. The molecule has 7 heteroatoms. The van der Waals surface area contributed by atoms with Gasteiger partial charge in [0, 0.05) is 26.3 Å². The van der Waals surface area contributed by atoms with Crippen molar-refractivity contribution in [3.05, 3.63) is 0 Å². The van der Waals surface area contributed by atoms with Crippen LogP contribution in [0.25, 0.3) is 0 Å². The van der Waals surface area contributed by atoms with Crippen LogP contribution in [0.5, 0.6) is 0 Å². The van der Waals surface area contributed by atoms with Crippen molar-refractivity contribution in [3.63, 3.8) is 0 Å². The van der Waals surface area contributed by atoms with E-state index >= 15 is 0 Å². The van der Waals surface area contributed by atoms with Crippen molar-refractivity contribution < 1.29 is 14.3 Å². The van der Waals surface area contributed by atoms with Crippen LogP contribution in [0, 0.1) is 5.41 Å². The zero-order valence-corrected chi connectivity index (χ0v) is 12.3. The van der Waals surface area contributed by atoms with Gasteiger partial charge in [-0.3, -0.25) is 9.59 Å². The molecule has 0 spiro atoms. The molecule has 2 saturated heterocycles. The Bertz CT molecular complexity index is 402. The summed E-state index contributed by atoms with van der Waals surface area (Å²) in [6.07, 6.45) is 3.03. The molecular weight excluding hydrogens is 278 g/mol. The first-order valence-corrected chi connectivity index (χ1v) is 7.41. The van der Waals surface area contributed by atoms with Crippen LogP contribution >= 0.6 is 12.2 Å². The second-order valence-corrected chi connectivity index (χ2v) is 5.77. The predicted molar refractivity (Wildman–Crippen MR) is 78.1 cm³/mol. The van der Waals surface area contributed by atoms with Crippen LogP contribution in [-0.4, -0.2) is 54.6 Å². The third kappa shape index (κ3) is 3.09. The zero-order valence-electron chi connectivity index (χ0n) is 11.5. The number of hydrogen-bond acceptors (Lipinski definition) is 4. The lowest BCUT2D eigenvalue weighted by Gasteiger charge is -2.34. The number of amides is 2. The minimum Gasteiger partial charge on any atom is -0.392 e. The summed E-state index contributed by atoms with van der Waals surface area (Å²) in [5.41, 5.74) is 4.89. The highest BCUT2D eigenvalue weighted by atomic mass is 32.1. The largest absolute Gasteiger partial charge is 0.392 e. The Hall–Kier alpha value is -1.21. The van der Waals surface area contributed by atoms with Gasteiger partial charge in [-0.1, -0.05) is 12.2 Å². The quantitative estimate of drug-likeness (QED) is 0.703. The van der Waals surface area contributed by atoms with Crippen molar-refractivity contribution in [1.29, 1.82) is 0 Å². The SMILES string of the molecule is NC(=S)C1(C(=O)NCC(=O)N2CCCC2)CCOCC1. The molecule has 0 aromatic carbocycles. The maximum absolute atomic E-state index is 12.4. The van der Waals surface area contributed by atoms with E-state index in [-0.39, 0.29) is 23.3 Å². The third-order valence-corrected chi connectivity index (χ3v) is 4.50. The first-order valence-electron chi connectivity index (χ1n) is 7.00. The molecule has 2 rings (SSSR count). The van der Waals surface area contributed by atoms with Crippen molar-refractivity contribution in [2.45, 2.75) is 25.7 Å². The summed E-state index contributed by atoms with van der Waals surface area (Å²) in [4.78, 5) is 26.3. The minimum atomic E-state index is -0.862. The average molecular weight is 299 g/mol.